The van der Waals surface area contributed by atoms with Crippen molar-refractivity contribution in [2.75, 3.05) is 19.4 Å². The van der Waals surface area contributed by atoms with Gasteiger partial charge in [0.2, 0.25) is 5.91 Å². The van der Waals surface area contributed by atoms with E-state index in [2.05, 4.69) is 28.1 Å². The van der Waals surface area contributed by atoms with Gasteiger partial charge in [-0.2, -0.15) is 0 Å². The molecule has 1 saturated heterocycles. The van der Waals surface area contributed by atoms with Gasteiger partial charge in [-0.3, -0.25) is 4.79 Å². The van der Waals surface area contributed by atoms with Gasteiger partial charge in [0.25, 0.3) is 0 Å². The van der Waals surface area contributed by atoms with Crippen LogP contribution in [0.5, 0.6) is 5.75 Å². The predicted octanol–water partition coefficient (Wildman–Crippen LogP) is 4.38. The first kappa shape index (κ1) is 20.9. The van der Waals surface area contributed by atoms with Gasteiger partial charge < -0.3 is 9.64 Å². The van der Waals surface area contributed by atoms with Gasteiger partial charge in [0.1, 0.15) is 5.75 Å². The van der Waals surface area contributed by atoms with Crippen molar-refractivity contribution in [1.29, 1.82) is 0 Å². The molecule has 1 unspecified atom stereocenters. The van der Waals surface area contributed by atoms with E-state index < -0.39 is 9.84 Å². The lowest BCUT2D eigenvalue weighted by molar-refractivity contribution is -0.132. The molecule has 2 aromatic carbocycles. The van der Waals surface area contributed by atoms with Crippen LogP contribution in [0.2, 0.25) is 0 Å². The number of ether oxygens (including phenoxy) is 1. The highest BCUT2D eigenvalue weighted by molar-refractivity contribution is 9.10. The Kier molecular flexibility index (Phi) is 6.78. The number of rotatable bonds is 7. The van der Waals surface area contributed by atoms with E-state index in [1.54, 1.807) is 12.1 Å². The number of hydrogen-bond donors (Lipinski definition) is 0. The molecule has 0 spiro atoms. The summed E-state index contributed by atoms with van der Waals surface area (Å²) in [4.78, 5) is 14.9. The molecule has 0 radical (unpaired) electrons. The third-order valence-electron chi connectivity index (χ3n) is 4.86. The maximum absolute atomic E-state index is 12.7. The molecule has 0 aliphatic carbocycles. The zero-order chi connectivity index (χ0) is 20.1. The van der Waals surface area contributed by atoms with Crippen LogP contribution < -0.4 is 4.74 Å². The van der Waals surface area contributed by atoms with Crippen molar-refractivity contribution >= 4 is 31.7 Å². The molecule has 5 nitrogen and oxygen atoms in total. The minimum atomic E-state index is -3.21. The average molecular weight is 466 g/mol. The SMILES string of the molecule is CS(=O)(=O)c1ccc(OCCCC(=O)N2CCCC2c2cccc(Br)c2)cc1. The predicted molar refractivity (Wildman–Crippen MR) is 112 cm³/mol. The summed E-state index contributed by atoms with van der Waals surface area (Å²) in [5.74, 6) is 0.756. The van der Waals surface area contributed by atoms with E-state index in [9.17, 15) is 13.2 Å². The topological polar surface area (TPSA) is 63.7 Å². The fraction of sp³-hybridized carbons (Fsp3) is 0.381. The molecule has 1 atom stereocenters. The molecule has 1 heterocycles. The number of benzene rings is 2. The van der Waals surface area contributed by atoms with Gasteiger partial charge in [-0.1, -0.05) is 28.1 Å². The molecule has 7 heteroatoms. The Bertz CT molecular complexity index is 928. The molecule has 0 bridgehead atoms. The minimum Gasteiger partial charge on any atom is -0.494 e. The Morgan fingerprint density at radius 3 is 2.64 bits per heavy atom. The maximum atomic E-state index is 12.7. The van der Waals surface area contributed by atoms with Crippen LogP contribution in [-0.4, -0.2) is 38.6 Å². The van der Waals surface area contributed by atoms with Crippen LogP contribution >= 0.6 is 15.9 Å². The van der Waals surface area contributed by atoms with Gasteiger partial charge in [-0.15, -0.1) is 0 Å². The minimum absolute atomic E-state index is 0.148. The quantitative estimate of drug-likeness (QED) is 0.569. The molecular formula is C21H24BrNO4S. The third-order valence-corrected chi connectivity index (χ3v) is 6.48. The zero-order valence-electron chi connectivity index (χ0n) is 15.8. The van der Waals surface area contributed by atoms with Crippen LogP contribution in [0.15, 0.2) is 57.9 Å². The Morgan fingerprint density at radius 2 is 1.96 bits per heavy atom. The van der Waals surface area contributed by atoms with Crippen LogP contribution in [-0.2, 0) is 14.6 Å². The highest BCUT2D eigenvalue weighted by atomic mass is 79.9. The number of carbonyl (C=O) groups is 1. The molecule has 0 N–H and O–H groups in total. The van der Waals surface area contributed by atoms with E-state index in [-0.39, 0.29) is 16.8 Å². The Hall–Kier alpha value is -1.86. The summed E-state index contributed by atoms with van der Waals surface area (Å²) in [5.41, 5.74) is 1.17. The van der Waals surface area contributed by atoms with Crippen molar-refractivity contribution < 1.29 is 17.9 Å². The fourth-order valence-corrected chi connectivity index (χ4v) is 4.51. The number of carbonyl (C=O) groups excluding carboxylic acids is 1. The summed E-state index contributed by atoms with van der Waals surface area (Å²) < 4.78 is 29.6. The van der Waals surface area contributed by atoms with E-state index in [0.29, 0.717) is 25.2 Å². The number of halogens is 1. The Balaban J connectivity index is 1.49. The summed E-state index contributed by atoms with van der Waals surface area (Å²) in [7, 11) is -3.21. The van der Waals surface area contributed by atoms with E-state index in [0.717, 1.165) is 23.9 Å². The van der Waals surface area contributed by atoms with Crippen LogP contribution in [0.4, 0.5) is 0 Å². The summed E-state index contributed by atoms with van der Waals surface area (Å²) in [6.07, 6.45) is 4.24. The van der Waals surface area contributed by atoms with Crippen molar-refractivity contribution in [2.45, 2.75) is 36.6 Å². The second-order valence-electron chi connectivity index (χ2n) is 7.00. The molecule has 150 valence electrons. The molecule has 3 rings (SSSR count). The van der Waals surface area contributed by atoms with Crippen molar-refractivity contribution in [3.05, 3.63) is 58.6 Å². The molecule has 1 fully saturated rings. The van der Waals surface area contributed by atoms with Crippen LogP contribution in [0.1, 0.15) is 37.3 Å². The molecule has 28 heavy (non-hydrogen) atoms. The van der Waals surface area contributed by atoms with Crippen molar-refractivity contribution in [3.8, 4) is 5.75 Å². The third kappa shape index (κ3) is 5.35. The molecule has 1 aliphatic heterocycles. The van der Waals surface area contributed by atoms with E-state index in [1.807, 2.05) is 17.0 Å². The average Bonchev–Trinajstić information content (AvgIpc) is 3.15. The summed E-state index contributed by atoms with van der Waals surface area (Å²) in [6.45, 7) is 1.21. The second kappa shape index (κ2) is 9.09. The molecule has 2 aromatic rings. The van der Waals surface area contributed by atoms with Crippen molar-refractivity contribution in [2.24, 2.45) is 0 Å². The number of sulfone groups is 1. The zero-order valence-corrected chi connectivity index (χ0v) is 18.2. The van der Waals surface area contributed by atoms with Crippen LogP contribution in [0.25, 0.3) is 0 Å². The van der Waals surface area contributed by atoms with Gasteiger partial charge in [-0.25, -0.2) is 8.42 Å². The van der Waals surface area contributed by atoms with Crippen molar-refractivity contribution in [1.82, 2.24) is 4.90 Å². The second-order valence-corrected chi connectivity index (χ2v) is 9.93. The molecule has 0 aromatic heterocycles. The first-order valence-corrected chi connectivity index (χ1v) is 12.0. The van der Waals surface area contributed by atoms with Gasteiger partial charge in [0.05, 0.1) is 17.5 Å². The van der Waals surface area contributed by atoms with Gasteiger partial charge in [0, 0.05) is 23.7 Å². The van der Waals surface area contributed by atoms with Crippen LogP contribution in [0, 0.1) is 0 Å². The van der Waals surface area contributed by atoms with Gasteiger partial charge >= 0.3 is 0 Å². The number of amides is 1. The number of likely N-dealkylation sites (tertiary alicyclic amines) is 1. The van der Waals surface area contributed by atoms with Crippen molar-refractivity contribution in [3.63, 3.8) is 0 Å². The lowest BCUT2D eigenvalue weighted by Gasteiger charge is -2.25. The molecule has 0 saturated carbocycles. The Labute approximate surface area is 174 Å². The molecular weight excluding hydrogens is 442 g/mol. The molecule has 1 aliphatic rings. The lowest BCUT2D eigenvalue weighted by Crippen LogP contribution is -2.30. The fourth-order valence-electron chi connectivity index (χ4n) is 3.47. The normalized spacial score (nSPS) is 16.9. The number of nitrogens with zero attached hydrogens (tertiary/aromatic N) is 1. The largest absolute Gasteiger partial charge is 0.494 e. The maximum Gasteiger partial charge on any atom is 0.223 e. The standard InChI is InChI=1S/C21H24BrNO4S/c1-28(25,26)19-11-9-18(10-12-19)27-14-4-8-21(24)23-13-3-7-20(23)16-5-2-6-17(22)15-16/h2,5-6,9-12,15,20H,3-4,7-8,13-14H2,1H3. The first-order chi connectivity index (χ1) is 13.3. The number of hydrogen-bond acceptors (Lipinski definition) is 4. The first-order valence-electron chi connectivity index (χ1n) is 9.32. The highest BCUT2D eigenvalue weighted by Crippen LogP contribution is 2.33. The monoisotopic (exact) mass is 465 g/mol. The smallest absolute Gasteiger partial charge is 0.223 e. The highest BCUT2D eigenvalue weighted by Gasteiger charge is 2.29. The Morgan fingerprint density at radius 1 is 1.21 bits per heavy atom. The van der Waals surface area contributed by atoms with E-state index in [4.69, 9.17) is 4.74 Å². The lowest BCUT2D eigenvalue weighted by atomic mass is 10.0. The summed E-state index contributed by atoms with van der Waals surface area (Å²) in [5, 5.41) is 0. The van der Waals surface area contributed by atoms with Crippen LogP contribution in [0.3, 0.4) is 0 Å². The summed E-state index contributed by atoms with van der Waals surface area (Å²) >= 11 is 3.50. The van der Waals surface area contributed by atoms with E-state index >= 15 is 0 Å². The van der Waals surface area contributed by atoms with Gasteiger partial charge in [0.15, 0.2) is 9.84 Å². The van der Waals surface area contributed by atoms with E-state index in [1.165, 1.54) is 24.0 Å². The summed E-state index contributed by atoms with van der Waals surface area (Å²) in [6, 6.07) is 14.6. The molecule has 1 amide bonds. The van der Waals surface area contributed by atoms with Gasteiger partial charge in [-0.05, 0) is 61.2 Å².